The third-order valence-electron chi connectivity index (χ3n) is 5.19. The third kappa shape index (κ3) is 3.58. The van der Waals surface area contributed by atoms with Crippen LogP contribution in [0, 0.1) is 0 Å². The summed E-state index contributed by atoms with van der Waals surface area (Å²) in [5.41, 5.74) is 0.621. The van der Waals surface area contributed by atoms with Gasteiger partial charge in [0.2, 0.25) is 5.91 Å². The quantitative estimate of drug-likeness (QED) is 0.866. The summed E-state index contributed by atoms with van der Waals surface area (Å²) in [6.07, 6.45) is 6.45. The number of hydrogen-bond donors (Lipinski definition) is 1. The molecule has 25 heavy (non-hydrogen) atoms. The van der Waals surface area contributed by atoms with Crippen LogP contribution >= 0.6 is 0 Å². The summed E-state index contributed by atoms with van der Waals surface area (Å²) >= 11 is 0. The standard InChI is InChI=1S/C19H24N4O2/c24-18(23(15-7-8-15)12-14-4-3-10-20-14)9-11-22-13-21-17-6-2-1-5-16(17)19(22)25/h1-2,5-6,13-15,20H,3-4,7-12H2. The minimum atomic E-state index is -0.0752. The minimum absolute atomic E-state index is 0.0752. The highest BCUT2D eigenvalue weighted by atomic mass is 16.2. The Balaban J connectivity index is 1.43. The molecule has 2 aliphatic rings. The average Bonchev–Trinajstić information content (AvgIpc) is 3.35. The fourth-order valence-electron chi connectivity index (χ4n) is 3.62. The van der Waals surface area contributed by atoms with Crippen molar-refractivity contribution >= 4 is 16.8 Å². The molecule has 0 radical (unpaired) electrons. The van der Waals surface area contributed by atoms with Crippen molar-refractivity contribution in [1.82, 2.24) is 19.8 Å². The van der Waals surface area contributed by atoms with E-state index in [1.807, 2.05) is 23.1 Å². The molecule has 1 aromatic heterocycles. The van der Waals surface area contributed by atoms with Gasteiger partial charge in [-0.25, -0.2) is 4.98 Å². The van der Waals surface area contributed by atoms with Crippen LogP contribution in [0.4, 0.5) is 0 Å². The van der Waals surface area contributed by atoms with Gasteiger partial charge < -0.3 is 10.2 Å². The minimum Gasteiger partial charge on any atom is -0.338 e. The van der Waals surface area contributed by atoms with Gasteiger partial charge >= 0.3 is 0 Å². The number of hydrogen-bond acceptors (Lipinski definition) is 4. The molecule has 132 valence electrons. The number of nitrogens with one attached hydrogen (secondary N) is 1. The van der Waals surface area contributed by atoms with Crippen LogP contribution in [0.15, 0.2) is 35.4 Å². The molecular weight excluding hydrogens is 316 g/mol. The van der Waals surface area contributed by atoms with Crippen molar-refractivity contribution in [2.45, 2.75) is 50.7 Å². The lowest BCUT2D eigenvalue weighted by Gasteiger charge is -2.26. The summed E-state index contributed by atoms with van der Waals surface area (Å²) in [5, 5.41) is 4.07. The number of nitrogens with zero attached hydrogens (tertiary/aromatic N) is 3. The summed E-state index contributed by atoms with van der Waals surface area (Å²) in [4.78, 5) is 31.6. The summed E-state index contributed by atoms with van der Waals surface area (Å²) < 4.78 is 1.55. The molecule has 1 aliphatic carbocycles. The molecule has 0 bridgehead atoms. The van der Waals surface area contributed by atoms with E-state index in [4.69, 9.17) is 0 Å². The van der Waals surface area contributed by atoms with E-state index in [1.165, 1.54) is 6.42 Å². The SMILES string of the molecule is O=C(CCn1cnc2ccccc2c1=O)N(CC1CCCN1)C1CC1. The van der Waals surface area contributed by atoms with Crippen LogP contribution in [-0.2, 0) is 11.3 Å². The number of para-hydroxylation sites is 1. The molecule has 6 heteroatoms. The highest BCUT2D eigenvalue weighted by molar-refractivity contribution is 5.78. The van der Waals surface area contributed by atoms with Gasteiger partial charge in [0.05, 0.1) is 17.2 Å². The van der Waals surface area contributed by atoms with Gasteiger partial charge in [0, 0.05) is 31.6 Å². The van der Waals surface area contributed by atoms with Crippen molar-refractivity contribution in [3.63, 3.8) is 0 Å². The summed E-state index contributed by atoms with van der Waals surface area (Å²) in [6.45, 7) is 2.24. The van der Waals surface area contributed by atoms with Gasteiger partial charge in [-0.05, 0) is 44.4 Å². The first-order valence-electron chi connectivity index (χ1n) is 9.19. The molecule has 1 atom stereocenters. The Morgan fingerprint density at radius 1 is 1.28 bits per heavy atom. The zero-order valence-corrected chi connectivity index (χ0v) is 14.4. The Morgan fingerprint density at radius 2 is 2.12 bits per heavy atom. The normalized spacial score (nSPS) is 20.1. The van der Waals surface area contributed by atoms with Gasteiger partial charge in [0.1, 0.15) is 0 Å². The molecule has 0 spiro atoms. The number of fused-ring (bicyclic) bond motifs is 1. The Kier molecular flexibility index (Phi) is 4.53. The fraction of sp³-hybridized carbons (Fsp3) is 0.526. The summed E-state index contributed by atoms with van der Waals surface area (Å²) in [7, 11) is 0. The Morgan fingerprint density at radius 3 is 2.88 bits per heavy atom. The van der Waals surface area contributed by atoms with E-state index in [0.29, 0.717) is 36.0 Å². The lowest BCUT2D eigenvalue weighted by atomic mass is 10.2. The number of benzene rings is 1. The molecule has 4 rings (SSSR count). The fourth-order valence-corrected chi connectivity index (χ4v) is 3.62. The monoisotopic (exact) mass is 340 g/mol. The van der Waals surface area contributed by atoms with Crippen LogP contribution in [0.5, 0.6) is 0 Å². The van der Waals surface area contributed by atoms with Crippen molar-refractivity contribution in [3.8, 4) is 0 Å². The molecule has 1 amide bonds. The van der Waals surface area contributed by atoms with Crippen molar-refractivity contribution in [3.05, 3.63) is 40.9 Å². The lowest BCUT2D eigenvalue weighted by Crippen LogP contribution is -2.42. The smallest absolute Gasteiger partial charge is 0.261 e. The predicted molar refractivity (Wildman–Crippen MR) is 96.4 cm³/mol. The second-order valence-corrected chi connectivity index (χ2v) is 7.08. The Hall–Kier alpha value is -2.21. The van der Waals surface area contributed by atoms with E-state index in [0.717, 1.165) is 32.4 Å². The lowest BCUT2D eigenvalue weighted by molar-refractivity contribution is -0.132. The van der Waals surface area contributed by atoms with Crippen LogP contribution in [0.1, 0.15) is 32.1 Å². The summed E-state index contributed by atoms with van der Waals surface area (Å²) in [6, 6.07) is 8.15. The Labute approximate surface area is 146 Å². The second-order valence-electron chi connectivity index (χ2n) is 7.08. The largest absolute Gasteiger partial charge is 0.338 e. The molecule has 2 aromatic rings. The maximum absolute atomic E-state index is 12.7. The Bertz CT molecular complexity index is 822. The van der Waals surface area contributed by atoms with Crippen LogP contribution < -0.4 is 10.9 Å². The molecule has 1 aliphatic heterocycles. The molecule has 1 saturated carbocycles. The van der Waals surface area contributed by atoms with Gasteiger partial charge in [0.25, 0.3) is 5.56 Å². The van der Waals surface area contributed by atoms with E-state index in [-0.39, 0.29) is 11.5 Å². The van der Waals surface area contributed by atoms with E-state index >= 15 is 0 Å². The number of carbonyl (C=O) groups is 1. The molecule has 1 unspecified atom stereocenters. The van der Waals surface area contributed by atoms with E-state index < -0.39 is 0 Å². The molecule has 1 saturated heterocycles. The molecule has 1 N–H and O–H groups in total. The summed E-state index contributed by atoms with van der Waals surface area (Å²) in [5.74, 6) is 0.149. The van der Waals surface area contributed by atoms with Gasteiger partial charge in [-0.2, -0.15) is 0 Å². The number of carbonyl (C=O) groups excluding carboxylic acids is 1. The number of aromatic nitrogens is 2. The predicted octanol–water partition coefficient (Wildman–Crippen LogP) is 1.53. The molecule has 1 aromatic carbocycles. The van der Waals surface area contributed by atoms with E-state index in [1.54, 1.807) is 17.0 Å². The maximum Gasteiger partial charge on any atom is 0.261 e. The van der Waals surface area contributed by atoms with Crippen molar-refractivity contribution in [2.75, 3.05) is 13.1 Å². The molecule has 2 fully saturated rings. The number of amides is 1. The van der Waals surface area contributed by atoms with Crippen LogP contribution in [0.25, 0.3) is 10.9 Å². The number of rotatable bonds is 6. The first kappa shape index (κ1) is 16.3. The zero-order valence-electron chi connectivity index (χ0n) is 14.4. The van der Waals surface area contributed by atoms with Crippen LogP contribution in [0.2, 0.25) is 0 Å². The molecule has 2 heterocycles. The molecule has 6 nitrogen and oxygen atoms in total. The number of aryl methyl sites for hydroxylation is 1. The first-order chi connectivity index (χ1) is 12.2. The van der Waals surface area contributed by atoms with Gasteiger partial charge in [-0.1, -0.05) is 12.1 Å². The van der Waals surface area contributed by atoms with Crippen molar-refractivity contribution in [1.29, 1.82) is 0 Å². The second kappa shape index (κ2) is 6.96. The molecular formula is C19H24N4O2. The topological polar surface area (TPSA) is 67.2 Å². The van der Waals surface area contributed by atoms with Crippen LogP contribution in [-0.4, -0.2) is 45.5 Å². The van der Waals surface area contributed by atoms with Crippen molar-refractivity contribution in [2.24, 2.45) is 0 Å². The van der Waals surface area contributed by atoms with E-state index in [2.05, 4.69) is 10.3 Å². The third-order valence-corrected chi connectivity index (χ3v) is 5.19. The maximum atomic E-state index is 12.7. The first-order valence-corrected chi connectivity index (χ1v) is 9.19. The highest BCUT2D eigenvalue weighted by Gasteiger charge is 2.34. The van der Waals surface area contributed by atoms with Crippen LogP contribution in [0.3, 0.4) is 0 Å². The zero-order chi connectivity index (χ0) is 17.2. The van der Waals surface area contributed by atoms with Gasteiger partial charge in [-0.15, -0.1) is 0 Å². The highest BCUT2D eigenvalue weighted by Crippen LogP contribution is 2.28. The van der Waals surface area contributed by atoms with Crippen molar-refractivity contribution < 1.29 is 4.79 Å². The van der Waals surface area contributed by atoms with E-state index in [9.17, 15) is 9.59 Å². The van der Waals surface area contributed by atoms with Gasteiger partial charge in [-0.3, -0.25) is 14.2 Å². The average molecular weight is 340 g/mol. The van der Waals surface area contributed by atoms with Gasteiger partial charge in [0.15, 0.2) is 0 Å².